The molecule has 1 aromatic heterocycles. The monoisotopic (exact) mass is 413 g/mol. The summed E-state index contributed by atoms with van der Waals surface area (Å²) >= 11 is 0. The first-order valence-corrected chi connectivity index (χ1v) is 8.87. The minimum atomic E-state index is -4.30. The van der Waals surface area contributed by atoms with E-state index in [9.17, 15) is 22.8 Å². The average molecular weight is 413 g/mol. The van der Waals surface area contributed by atoms with Gasteiger partial charge in [-0.3, -0.25) is 4.79 Å². The molecule has 3 rings (SSSR count). The van der Waals surface area contributed by atoms with E-state index in [1.165, 1.54) is 31.3 Å². The van der Waals surface area contributed by atoms with E-state index < -0.39 is 29.1 Å². The van der Waals surface area contributed by atoms with Crippen LogP contribution in [0.25, 0.3) is 0 Å². The Hall–Kier alpha value is -2.88. The van der Waals surface area contributed by atoms with Crippen molar-refractivity contribution in [2.45, 2.75) is 19.5 Å². The van der Waals surface area contributed by atoms with Crippen molar-refractivity contribution in [3.8, 4) is 0 Å². The number of carbonyl (C=O) groups is 2. The second-order valence-corrected chi connectivity index (χ2v) is 6.89. The predicted octanol–water partition coefficient (Wildman–Crippen LogP) is 2.56. The van der Waals surface area contributed by atoms with Gasteiger partial charge in [-0.15, -0.1) is 0 Å². The molecular weight excluding hydrogens is 391 g/mol. The fourth-order valence-electron chi connectivity index (χ4n) is 2.85. The summed E-state index contributed by atoms with van der Waals surface area (Å²) in [5, 5.41) is 20.6. The molecule has 1 atom stereocenters. The number of hydrogen-bond donors (Lipinski definition) is 3. The third-order valence-corrected chi connectivity index (χ3v) is 4.60. The molecule has 2 heterocycles. The summed E-state index contributed by atoms with van der Waals surface area (Å²) in [5.74, 6) is -1.66. The summed E-state index contributed by atoms with van der Waals surface area (Å²) < 4.78 is 37.4. The fraction of sp³-hybridized carbons (Fsp3) is 0.421. The number of alkyl halides is 3. The lowest BCUT2D eigenvalue weighted by atomic mass is 9.80. The third kappa shape index (κ3) is 6.05. The molecule has 7 nitrogen and oxygen atoms in total. The molecule has 0 aromatic carbocycles. The average Bonchev–Trinajstić information content (AvgIpc) is 2.68. The van der Waals surface area contributed by atoms with Crippen molar-refractivity contribution in [3.05, 3.63) is 47.7 Å². The molecule has 0 bridgehead atoms. The molecule has 1 aliphatic carbocycles. The zero-order chi connectivity index (χ0) is 21.7. The van der Waals surface area contributed by atoms with Crippen LogP contribution in [0, 0.1) is 5.41 Å². The van der Waals surface area contributed by atoms with E-state index in [0.29, 0.717) is 18.9 Å². The molecule has 3 N–H and O–H groups in total. The predicted molar refractivity (Wildman–Crippen MR) is 99.5 cm³/mol. The first-order valence-electron chi connectivity index (χ1n) is 8.87. The number of aromatic nitrogens is 1. The van der Waals surface area contributed by atoms with Gasteiger partial charge in [-0.05, 0) is 25.5 Å². The van der Waals surface area contributed by atoms with Crippen molar-refractivity contribution in [2.24, 2.45) is 5.41 Å². The first-order chi connectivity index (χ1) is 13.5. The highest BCUT2D eigenvalue weighted by Crippen LogP contribution is 2.32. The quantitative estimate of drug-likeness (QED) is 0.700. The standard InChI is InChI=1S/C10H12F3N3.C9H10O4/c11-10(12,13)8-1-2-15-9(7-8)16-5-3-14-4-6-16;1-9(8(12)13)4-2-3-6(5-9)7(10)11/h1-2,7,14H,3-6H2;2-4H,5H2,1H3,(H,10,11)(H,12,13)/t;9-/m.0/s1. The Labute approximate surface area is 165 Å². The summed E-state index contributed by atoms with van der Waals surface area (Å²) in [6, 6.07) is 2.09. The molecule has 0 unspecified atom stereocenters. The highest BCUT2D eigenvalue weighted by atomic mass is 19.4. The molecule has 158 valence electrons. The number of nitrogens with zero attached hydrogens (tertiary/aromatic N) is 2. The second-order valence-electron chi connectivity index (χ2n) is 6.89. The Balaban J connectivity index is 0.000000212. The van der Waals surface area contributed by atoms with E-state index in [4.69, 9.17) is 10.2 Å². The van der Waals surface area contributed by atoms with Crippen LogP contribution in [0.15, 0.2) is 42.1 Å². The molecule has 10 heteroatoms. The van der Waals surface area contributed by atoms with Gasteiger partial charge in [-0.25, -0.2) is 9.78 Å². The maximum absolute atomic E-state index is 12.5. The van der Waals surface area contributed by atoms with Gasteiger partial charge in [0.25, 0.3) is 0 Å². The highest BCUT2D eigenvalue weighted by molar-refractivity contribution is 5.90. The maximum Gasteiger partial charge on any atom is 0.416 e. The number of hydrogen-bond acceptors (Lipinski definition) is 5. The summed E-state index contributed by atoms with van der Waals surface area (Å²) in [6.45, 7) is 4.43. The summed E-state index contributed by atoms with van der Waals surface area (Å²) in [7, 11) is 0. The normalized spacial score (nSPS) is 21.7. The van der Waals surface area contributed by atoms with Gasteiger partial charge in [-0.1, -0.05) is 18.2 Å². The largest absolute Gasteiger partial charge is 0.481 e. The maximum atomic E-state index is 12.5. The smallest absolute Gasteiger partial charge is 0.416 e. The van der Waals surface area contributed by atoms with Crippen molar-refractivity contribution < 1.29 is 33.0 Å². The molecule has 29 heavy (non-hydrogen) atoms. The number of halogens is 3. The van der Waals surface area contributed by atoms with Crippen molar-refractivity contribution >= 4 is 17.8 Å². The lowest BCUT2D eigenvalue weighted by Gasteiger charge is -2.28. The number of anilines is 1. The van der Waals surface area contributed by atoms with Gasteiger partial charge in [0.05, 0.1) is 11.0 Å². The van der Waals surface area contributed by atoms with Crippen LogP contribution < -0.4 is 10.2 Å². The van der Waals surface area contributed by atoms with Crippen molar-refractivity contribution in [1.82, 2.24) is 10.3 Å². The van der Waals surface area contributed by atoms with Gasteiger partial charge in [0.15, 0.2) is 0 Å². The van der Waals surface area contributed by atoms with E-state index in [2.05, 4.69) is 10.3 Å². The SMILES string of the molecule is C[C@]1(C(=O)O)C=CC=C(C(=O)O)C1.FC(F)(F)c1ccnc(N2CCNCC2)c1. The highest BCUT2D eigenvalue weighted by Gasteiger charge is 2.34. The van der Waals surface area contributed by atoms with Crippen LogP contribution in [-0.2, 0) is 15.8 Å². The van der Waals surface area contributed by atoms with E-state index >= 15 is 0 Å². The Morgan fingerprint density at radius 2 is 1.90 bits per heavy atom. The van der Waals surface area contributed by atoms with Gasteiger partial charge in [0.2, 0.25) is 0 Å². The van der Waals surface area contributed by atoms with E-state index in [1.54, 1.807) is 0 Å². The third-order valence-electron chi connectivity index (χ3n) is 4.60. The van der Waals surface area contributed by atoms with Gasteiger partial charge in [0, 0.05) is 37.9 Å². The molecular formula is C19H22F3N3O4. The summed E-state index contributed by atoms with van der Waals surface area (Å²) in [4.78, 5) is 27.2. The number of rotatable bonds is 3. The molecule has 0 saturated carbocycles. The van der Waals surface area contributed by atoms with Crippen LogP contribution in [0.3, 0.4) is 0 Å². The number of nitrogens with one attached hydrogen (secondary N) is 1. The molecule has 0 radical (unpaired) electrons. The topological polar surface area (TPSA) is 103 Å². The number of carboxylic acids is 2. The number of aliphatic carboxylic acids is 2. The van der Waals surface area contributed by atoms with Crippen LogP contribution in [0.1, 0.15) is 18.9 Å². The van der Waals surface area contributed by atoms with Crippen LogP contribution in [-0.4, -0.2) is 53.3 Å². The lowest BCUT2D eigenvalue weighted by Crippen LogP contribution is -2.43. The van der Waals surface area contributed by atoms with Gasteiger partial charge >= 0.3 is 18.1 Å². The fourth-order valence-corrected chi connectivity index (χ4v) is 2.85. The molecule has 2 aliphatic rings. The summed E-state index contributed by atoms with van der Waals surface area (Å²) in [5.41, 5.74) is -1.59. The summed E-state index contributed by atoms with van der Waals surface area (Å²) in [6.07, 6.45) is 1.34. The second kappa shape index (κ2) is 9.08. The Morgan fingerprint density at radius 3 is 2.45 bits per heavy atom. The molecule has 0 amide bonds. The van der Waals surface area contributed by atoms with Gasteiger partial charge < -0.3 is 20.4 Å². The number of piperazine rings is 1. The lowest BCUT2D eigenvalue weighted by molar-refractivity contribution is -0.145. The van der Waals surface area contributed by atoms with E-state index in [-0.39, 0.29) is 12.0 Å². The minimum Gasteiger partial charge on any atom is -0.481 e. The zero-order valence-electron chi connectivity index (χ0n) is 15.7. The van der Waals surface area contributed by atoms with Crippen LogP contribution in [0.4, 0.5) is 19.0 Å². The van der Waals surface area contributed by atoms with Gasteiger partial charge in [0.1, 0.15) is 5.82 Å². The van der Waals surface area contributed by atoms with Crippen LogP contribution >= 0.6 is 0 Å². The molecule has 1 saturated heterocycles. The van der Waals surface area contributed by atoms with Crippen LogP contribution in [0.2, 0.25) is 0 Å². The number of pyridine rings is 1. The van der Waals surface area contributed by atoms with Gasteiger partial charge in [-0.2, -0.15) is 13.2 Å². The Kier molecular flexibility index (Phi) is 7.02. The van der Waals surface area contributed by atoms with Crippen molar-refractivity contribution in [3.63, 3.8) is 0 Å². The van der Waals surface area contributed by atoms with E-state index in [0.717, 1.165) is 25.2 Å². The molecule has 1 aromatic rings. The van der Waals surface area contributed by atoms with Crippen LogP contribution in [0.5, 0.6) is 0 Å². The molecule has 1 fully saturated rings. The molecule has 0 spiro atoms. The Morgan fingerprint density at radius 1 is 1.24 bits per heavy atom. The number of carboxylic acid groups (broad SMARTS) is 2. The van der Waals surface area contributed by atoms with Crippen molar-refractivity contribution in [1.29, 1.82) is 0 Å². The van der Waals surface area contributed by atoms with Crippen molar-refractivity contribution in [2.75, 3.05) is 31.1 Å². The Bertz CT molecular complexity index is 817. The van der Waals surface area contributed by atoms with E-state index in [1.807, 2.05) is 4.90 Å². The minimum absolute atomic E-state index is 0.0359. The zero-order valence-corrected chi connectivity index (χ0v) is 15.7. The first kappa shape index (κ1) is 22.4. The molecule has 1 aliphatic heterocycles. The number of allylic oxidation sites excluding steroid dienone is 2.